The number of nitrogens with zero attached hydrogens (tertiary/aromatic N) is 2. The molecule has 0 aliphatic carbocycles. The number of nitrogens with one attached hydrogen (secondary N) is 1. The van der Waals surface area contributed by atoms with Gasteiger partial charge in [0.2, 0.25) is 5.91 Å². The van der Waals surface area contributed by atoms with Crippen molar-refractivity contribution in [2.75, 3.05) is 6.54 Å². The number of hydrogen-bond acceptors (Lipinski definition) is 3. The largest absolute Gasteiger partial charge is 0.469 e. The van der Waals surface area contributed by atoms with Crippen molar-refractivity contribution in [3.63, 3.8) is 0 Å². The van der Waals surface area contributed by atoms with Gasteiger partial charge in [-0.2, -0.15) is 0 Å². The van der Waals surface area contributed by atoms with Crippen molar-refractivity contribution in [3.8, 4) is 0 Å². The van der Waals surface area contributed by atoms with Crippen LogP contribution in [0.3, 0.4) is 0 Å². The van der Waals surface area contributed by atoms with Gasteiger partial charge in [0.05, 0.1) is 17.3 Å². The van der Waals surface area contributed by atoms with E-state index in [2.05, 4.69) is 5.32 Å². The van der Waals surface area contributed by atoms with Crippen LogP contribution in [0, 0.1) is 0 Å². The lowest BCUT2D eigenvalue weighted by atomic mass is 10.3. The Bertz CT molecular complexity index is 890. The molecule has 0 bridgehead atoms. The maximum Gasteiger partial charge on any atom is 0.329 e. The molecule has 1 aromatic carbocycles. The van der Waals surface area contributed by atoms with Crippen LogP contribution in [-0.2, 0) is 24.3 Å². The normalized spacial score (nSPS) is 11.1. The number of imidazole rings is 1. The van der Waals surface area contributed by atoms with Crippen LogP contribution < -0.4 is 11.0 Å². The van der Waals surface area contributed by atoms with Crippen LogP contribution in [0.5, 0.6) is 0 Å². The molecule has 6 nitrogen and oxygen atoms in total. The first kappa shape index (κ1) is 17.1. The maximum atomic E-state index is 12.6. The third kappa shape index (κ3) is 3.84. The number of amides is 1. The summed E-state index contributed by atoms with van der Waals surface area (Å²) in [6, 6.07) is 11.4. The van der Waals surface area contributed by atoms with E-state index in [-0.39, 0.29) is 18.0 Å². The molecule has 1 amide bonds. The maximum absolute atomic E-state index is 12.6. The zero-order valence-electron chi connectivity index (χ0n) is 14.4. The van der Waals surface area contributed by atoms with Gasteiger partial charge in [0, 0.05) is 32.5 Å². The van der Waals surface area contributed by atoms with E-state index in [9.17, 15) is 9.59 Å². The van der Waals surface area contributed by atoms with Crippen molar-refractivity contribution in [2.24, 2.45) is 0 Å². The highest BCUT2D eigenvalue weighted by Crippen LogP contribution is 2.13. The molecule has 0 spiro atoms. The summed E-state index contributed by atoms with van der Waals surface area (Å²) in [4.78, 5) is 24.7. The molecule has 1 N–H and O–H groups in total. The monoisotopic (exact) mass is 341 g/mol. The molecule has 25 heavy (non-hydrogen) atoms. The van der Waals surface area contributed by atoms with Gasteiger partial charge < -0.3 is 9.73 Å². The summed E-state index contributed by atoms with van der Waals surface area (Å²) < 4.78 is 8.71. The minimum Gasteiger partial charge on any atom is -0.469 e. The summed E-state index contributed by atoms with van der Waals surface area (Å²) in [5, 5.41) is 2.87. The fraction of sp³-hybridized carbons (Fsp3) is 0.368. The number of fused-ring (bicyclic) bond motifs is 1. The summed E-state index contributed by atoms with van der Waals surface area (Å²) in [6.45, 7) is 3.63. The summed E-state index contributed by atoms with van der Waals surface area (Å²) in [5.74, 6) is 0.782. The van der Waals surface area contributed by atoms with Crippen molar-refractivity contribution in [3.05, 3.63) is 58.9 Å². The molecule has 0 saturated heterocycles. The van der Waals surface area contributed by atoms with Crippen LogP contribution in [-0.4, -0.2) is 21.6 Å². The number of carbonyl (C=O) groups is 1. The Morgan fingerprint density at radius 3 is 2.44 bits per heavy atom. The molecule has 0 aliphatic heterocycles. The standard InChI is InChI=1S/C19H23N3O3/c1-2-12-21-16-7-3-4-8-17(16)22(19(21)24)13-10-18(23)20-11-9-15-6-5-14-25-15/h3-8,14H,2,9-13H2,1H3,(H,20,23). The van der Waals surface area contributed by atoms with E-state index in [4.69, 9.17) is 4.42 Å². The van der Waals surface area contributed by atoms with Gasteiger partial charge in [0.1, 0.15) is 5.76 Å². The lowest BCUT2D eigenvalue weighted by Crippen LogP contribution is -2.29. The molecule has 0 radical (unpaired) electrons. The van der Waals surface area contributed by atoms with E-state index >= 15 is 0 Å². The molecule has 0 unspecified atom stereocenters. The van der Waals surface area contributed by atoms with Gasteiger partial charge in [0.15, 0.2) is 0 Å². The Balaban J connectivity index is 1.63. The molecule has 2 heterocycles. The summed E-state index contributed by atoms with van der Waals surface area (Å²) in [7, 11) is 0. The van der Waals surface area contributed by atoms with Crippen LogP contribution in [0.4, 0.5) is 0 Å². The molecule has 6 heteroatoms. The van der Waals surface area contributed by atoms with Crippen LogP contribution in [0.2, 0.25) is 0 Å². The van der Waals surface area contributed by atoms with Gasteiger partial charge in [0.25, 0.3) is 0 Å². The van der Waals surface area contributed by atoms with Gasteiger partial charge in [-0.05, 0) is 30.7 Å². The summed E-state index contributed by atoms with van der Waals surface area (Å²) in [6.07, 6.45) is 3.45. The molecular formula is C19H23N3O3. The molecule has 0 atom stereocenters. The number of para-hydroxylation sites is 2. The number of aromatic nitrogens is 2. The second-order valence-electron chi connectivity index (χ2n) is 6.00. The molecule has 0 aliphatic rings. The average molecular weight is 341 g/mol. The number of furan rings is 1. The van der Waals surface area contributed by atoms with E-state index in [1.807, 2.05) is 43.3 Å². The molecule has 3 aromatic rings. The molecule has 2 aromatic heterocycles. The second-order valence-corrected chi connectivity index (χ2v) is 6.00. The zero-order chi connectivity index (χ0) is 17.6. The van der Waals surface area contributed by atoms with Crippen molar-refractivity contribution in [2.45, 2.75) is 39.3 Å². The molecule has 0 saturated carbocycles. The van der Waals surface area contributed by atoms with Crippen LogP contribution in [0.15, 0.2) is 51.9 Å². The van der Waals surface area contributed by atoms with Crippen LogP contribution in [0.1, 0.15) is 25.5 Å². The van der Waals surface area contributed by atoms with Crippen LogP contribution in [0.25, 0.3) is 11.0 Å². The van der Waals surface area contributed by atoms with Crippen molar-refractivity contribution < 1.29 is 9.21 Å². The number of hydrogen-bond donors (Lipinski definition) is 1. The van der Waals surface area contributed by atoms with E-state index in [1.54, 1.807) is 15.4 Å². The lowest BCUT2D eigenvalue weighted by Gasteiger charge is -2.05. The summed E-state index contributed by atoms with van der Waals surface area (Å²) in [5.41, 5.74) is 1.75. The third-order valence-electron chi connectivity index (χ3n) is 4.21. The van der Waals surface area contributed by atoms with Gasteiger partial charge in [-0.15, -0.1) is 0 Å². The van der Waals surface area contributed by atoms with Gasteiger partial charge in [-0.1, -0.05) is 19.1 Å². The quantitative estimate of drug-likeness (QED) is 0.684. The highest BCUT2D eigenvalue weighted by Gasteiger charge is 2.13. The fourth-order valence-electron chi connectivity index (χ4n) is 3.01. The molecule has 3 rings (SSSR count). The fourth-order valence-corrected chi connectivity index (χ4v) is 3.01. The lowest BCUT2D eigenvalue weighted by molar-refractivity contribution is -0.121. The topological polar surface area (TPSA) is 69.2 Å². The predicted octanol–water partition coefficient (Wildman–Crippen LogP) is 2.56. The van der Waals surface area contributed by atoms with Crippen molar-refractivity contribution >= 4 is 16.9 Å². The Hall–Kier alpha value is -2.76. The van der Waals surface area contributed by atoms with Gasteiger partial charge in [-0.3, -0.25) is 13.9 Å². The minimum atomic E-state index is -0.0641. The number of benzene rings is 1. The number of carbonyl (C=O) groups excluding carboxylic acids is 1. The first-order chi connectivity index (χ1) is 12.2. The molecular weight excluding hydrogens is 318 g/mol. The van der Waals surface area contributed by atoms with E-state index in [1.165, 1.54) is 0 Å². The third-order valence-corrected chi connectivity index (χ3v) is 4.21. The molecule has 132 valence electrons. The first-order valence-electron chi connectivity index (χ1n) is 8.68. The van der Waals surface area contributed by atoms with E-state index in [0.717, 1.165) is 23.2 Å². The molecule has 0 fully saturated rings. The zero-order valence-corrected chi connectivity index (χ0v) is 14.4. The number of aryl methyl sites for hydroxylation is 2. The van der Waals surface area contributed by atoms with Crippen molar-refractivity contribution in [1.29, 1.82) is 0 Å². The van der Waals surface area contributed by atoms with E-state index in [0.29, 0.717) is 26.1 Å². The van der Waals surface area contributed by atoms with Crippen molar-refractivity contribution in [1.82, 2.24) is 14.5 Å². The SMILES string of the molecule is CCCn1c(=O)n(CCC(=O)NCCc2ccco2)c2ccccc21. The summed E-state index contributed by atoms with van der Waals surface area (Å²) >= 11 is 0. The van der Waals surface area contributed by atoms with E-state index < -0.39 is 0 Å². The Kier molecular flexibility index (Phi) is 5.38. The number of rotatable bonds is 8. The Morgan fingerprint density at radius 1 is 1.08 bits per heavy atom. The Labute approximate surface area is 146 Å². The van der Waals surface area contributed by atoms with Gasteiger partial charge >= 0.3 is 5.69 Å². The first-order valence-corrected chi connectivity index (χ1v) is 8.68. The van der Waals surface area contributed by atoms with Gasteiger partial charge in [-0.25, -0.2) is 4.79 Å². The predicted molar refractivity (Wildman–Crippen MR) is 96.5 cm³/mol. The Morgan fingerprint density at radius 2 is 1.80 bits per heavy atom. The minimum absolute atomic E-state index is 0.0496. The second kappa shape index (κ2) is 7.88. The smallest absolute Gasteiger partial charge is 0.329 e. The highest BCUT2D eigenvalue weighted by atomic mass is 16.3. The van der Waals surface area contributed by atoms with Crippen LogP contribution >= 0.6 is 0 Å². The average Bonchev–Trinajstić information content (AvgIpc) is 3.21. The highest BCUT2D eigenvalue weighted by molar-refractivity contribution is 5.78.